The molecular weight excluding hydrogens is 272 g/mol. The molecule has 20 heavy (non-hydrogen) atoms. The molecule has 4 nitrogen and oxygen atoms in total. The van der Waals surface area contributed by atoms with E-state index >= 15 is 0 Å². The van der Waals surface area contributed by atoms with Crippen molar-refractivity contribution in [3.8, 4) is 0 Å². The average molecular weight is 302 g/mol. The van der Waals surface area contributed by atoms with E-state index in [1.165, 1.54) is 12.8 Å². The predicted octanol–water partition coefficient (Wildman–Crippen LogP) is 2.72. The van der Waals surface area contributed by atoms with E-state index in [-0.39, 0.29) is 11.8 Å². The van der Waals surface area contributed by atoms with Crippen LogP contribution in [0.1, 0.15) is 58.3 Å². The maximum absolute atomic E-state index is 11.5. The molecule has 0 saturated heterocycles. The van der Waals surface area contributed by atoms with Gasteiger partial charge in [0.2, 0.25) is 11.8 Å². The van der Waals surface area contributed by atoms with Gasteiger partial charge in [0, 0.05) is 31.7 Å². The Morgan fingerprint density at radius 3 is 2.05 bits per heavy atom. The van der Waals surface area contributed by atoms with E-state index in [0.717, 1.165) is 44.5 Å². The van der Waals surface area contributed by atoms with Crippen molar-refractivity contribution >= 4 is 23.6 Å². The van der Waals surface area contributed by atoms with Crippen LogP contribution in [-0.4, -0.2) is 36.9 Å². The number of amides is 2. The Hall–Kier alpha value is -0.710. The van der Waals surface area contributed by atoms with Crippen LogP contribution in [0.5, 0.6) is 0 Å². The standard InChI is InChI=1S/C15H30N2O2S/c1-3-4-7-11-16-14(18)9-6-5-8-12-17-15(19)10-13-20-2/h3-13H2,1-2H3,(H,16,18)(H,17,19). The Morgan fingerprint density at radius 1 is 0.850 bits per heavy atom. The minimum atomic E-state index is 0.132. The minimum absolute atomic E-state index is 0.132. The fourth-order valence-electron chi connectivity index (χ4n) is 1.79. The maximum atomic E-state index is 11.5. The molecular formula is C15H30N2O2S. The fraction of sp³-hybridized carbons (Fsp3) is 0.867. The quantitative estimate of drug-likeness (QED) is 0.514. The summed E-state index contributed by atoms with van der Waals surface area (Å²) in [7, 11) is 0. The van der Waals surface area contributed by atoms with Gasteiger partial charge in [-0.3, -0.25) is 9.59 Å². The highest BCUT2D eigenvalue weighted by atomic mass is 32.2. The summed E-state index contributed by atoms with van der Waals surface area (Å²) in [6, 6.07) is 0. The van der Waals surface area contributed by atoms with Crippen molar-refractivity contribution in [2.24, 2.45) is 0 Å². The molecule has 0 heterocycles. The molecule has 0 unspecified atom stereocenters. The second kappa shape index (κ2) is 14.7. The molecule has 0 bridgehead atoms. The lowest BCUT2D eigenvalue weighted by molar-refractivity contribution is -0.122. The molecule has 118 valence electrons. The van der Waals surface area contributed by atoms with Gasteiger partial charge in [-0.1, -0.05) is 26.2 Å². The maximum Gasteiger partial charge on any atom is 0.220 e. The molecule has 0 atom stereocenters. The monoisotopic (exact) mass is 302 g/mol. The van der Waals surface area contributed by atoms with Gasteiger partial charge in [0.15, 0.2) is 0 Å². The van der Waals surface area contributed by atoms with E-state index in [0.29, 0.717) is 12.8 Å². The summed E-state index contributed by atoms with van der Waals surface area (Å²) in [6.07, 6.45) is 9.48. The van der Waals surface area contributed by atoms with E-state index in [1.54, 1.807) is 11.8 Å². The predicted molar refractivity (Wildman–Crippen MR) is 87.0 cm³/mol. The lowest BCUT2D eigenvalue weighted by Gasteiger charge is -2.06. The smallest absolute Gasteiger partial charge is 0.220 e. The molecule has 5 heteroatoms. The number of carbonyl (C=O) groups is 2. The third kappa shape index (κ3) is 13.7. The molecule has 0 aliphatic heterocycles. The topological polar surface area (TPSA) is 58.2 Å². The Labute approximate surface area is 127 Å². The van der Waals surface area contributed by atoms with Gasteiger partial charge in [0.25, 0.3) is 0 Å². The molecule has 0 aromatic carbocycles. The summed E-state index contributed by atoms with van der Waals surface area (Å²) in [6.45, 7) is 3.69. The van der Waals surface area contributed by atoms with Gasteiger partial charge < -0.3 is 10.6 Å². The number of carbonyl (C=O) groups excluding carboxylic acids is 2. The number of nitrogens with one attached hydrogen (secondary N) is 2. The third-order valence-electron chi connectivity index (χ3n) is 3.04. The van der Waals surface area contributed by atoms with Crippen molar-refractivity contribution < 1.29 is 9.59 Å². The van der Waals surface area contributed by atoms with Crippen LogP contribution >= 0.6 is 11.8 Å². The van der Waals surface area contributed by atoms with Crippen LogP contribution in [0.4, 0.5) is 0 Å². The molecule has 2 amide bonds. The second-order valence-electron chi connectivity index (χ2n) is 4.96. The van der Waals surface area contributed by atoms with Crippen LogP contribution in [0.25, 0.3) is 0 Å². The van der Waals surface area contributed by atoms with Crippen LogP contribution in [0.15, 0.2) is 0 Å². The lowest BCUT2D eigenvalue weighted by Crippen LogP contribution is -2.25. The highest BCUT2D eigenvalue weighted by Crippen LogP contribution is 2.00. The molecule has 0 saturated carbocycles. The summed E-state index contributed by atoms with van der Waals surface area (Å²) < 4.78 is 0. The molecule has 0 spiro atoms. The molecule has 0 fully saturated rings. The zero-order valence-electron chi connectivity index (χ0n) is 13.0. The number of thioether (sulfide) groups is 1. The van der Waals surface area contributed by atoms with E-state index in [9.17, 15) is 9.59 Å². The van der Waals surface area contributed by atoms with Crippen LogP contribution in [0, 0.1) is 0 Å². The second-order valence-corrected chi connectivity index (χ2v) is 5.95. The van der Waals surface area contributed by atoms with Gasteiger partial charge in [0.1, 0.15) is 0 Å². The van der Waals surface area contributed by atoms with Gasteiger partial charge in [-0.05, 0) is 25.5 Å². The van der Waals surface area contributed by atoms with Crippen molar-refractivity contribution in [1.29, 1.82) is 0 Å². The van der Waals surface area contributed by atoms with Crippen LogP contribution in [-0.2, 0) is 9.59 Å². The van der Waals surface area contributed by atoms with Gasteiger partial charge in [-0.25, -0.2) is 0 Å². The van der Waals surface area contributed by atoms with Crippen molar-refractivity contribution in [3.05, 3.63) is 0 Å². The van der Waals surface area contributed by atoms with Crippen LogP contribution in [0.2, 0.25) is 0 Å². The van der Waals surface area contributed by atoms with Crippen molar-refractivity contribution in [1.82, 2.24) is 10.6 Å². The number of rotatable bonds is 13. The largest absolute Gasteiger partial charge is 0.356 e. The molecule has 0 radical (unpaired) electrons. The van der Waals surface area contributed by atoms with Gasteiger partial charge in [0.05, 0.1) is 0 Å². The summed E-state index contributed by atoms with van der Waals surface area (Å²) in [4.78, 5) is 22.8. The first-order valence-corrected chi connectivity index (χ1v) is 9.12. The molecule has 0 aliphatic rings. The number of unbranched alkanes of at least 4 members (excludes halogenated alkanes) is 4. The third-order valence-corrected chi connectivity index (χ3v) is 3.65. The Morgan fingerprint density at radius 2 is 1.45 bits per heavy atom. The summed E-state index contributed by atoms with van der Waals surface area (Å²) >= 11 is 1.68. The number of hydrogen-bond acceptors (Lipinski definition) is 3. The molecule has 0 aromatic heterocycles. The Bertz CT molecular complexity index is 260. The van der Waals surface area contributed by atoms with Gasteiger partial charge in [-0.15, -0.1) is 0 Å². The normalized spacial score (nSPS) is 10.3. The van der Waals surface area contributed by atoms with E-state index in [1.807, 2.05) is 6.26 Å². The molecule has 2 N–H and O–H groups in total. The minimum Gasteiger partial charge on any atom is -0.356 e. The summed E-state index contributed by atoms with van der Waals surface area (Å²) in [5, 5.41) is 5.84. The van der Waals surface area contributed by atoms with Gasteiger partial charge in [-0.2, -0.15) is 11.8 Å². The zero-order chi connectivity index (χ0) is 15.1. The first-order valence-electron chi connectivity index (χ1n) is 7.73. The number of hydrogen-bond donors (Lipinski definition) is 2. The highest BCUT2D eigenvalue weighted by Gasteiger charge is 2.01. The molecule has 0 rings (SSSR count). The van der Waals surface area contributed by atoms with Crippen LogP contribution < -0.4 is 10.6 Å². The first-order chi connectivity index (χ1) is 9.70. The Kier molecular flexibility index (Phi) is 14.2. The summed E-state index contributed by atoms with van der Waals surface area (Å²) in [5.74, 6) is 1.17. The first kappa shape index (κ1) is 19.3. The van der Waals surface area contributed by atoms with E-state index < -0.39 is 0 Å². The van der Waals surface area contributed by atoms with Gasteiger partial charge >= 0.3 is 0 Å². The highest BCUT2D eigenvalue weighted by molar-refractivity contribution is 7.98. The van der Waals surface area contributed by atoms with Crippen molar-refractivity contribution in [2.75, 3.05) is 25.1 Å². The molecule has 0 aromatic rings. The fourth-order valence-corrected chi connectivity index (χ4v) is 2.18. The van der Waals surface area contributed by atoms with Crippen LogP contribution in [0.3, 0.4) is 0 Å². The van der Waals surface area contributed by atoms with Crippen molar-refractivity contribution in [2.45, 2.75) is 58.3 Å². The molecule has 0 aliphatic carbocycles. The average Bonchev–Trinajstić information content (AvgIpc) is 2.45. The van der Waals surface area contributed by atoms with E-state index in [2.05, 4.69) is 17.6 Å². The lowest BCUT2D eigenvalue weighted by atomic mass is 10.2. The van der Waals surface area contributed by atoms with E-state index in [4.69, 9.17) is 0 Å². The SMILES string of the molecule is CCCCCNC(=O)CCCCCNC(=O)CCSC. The zero-order valence-corrected chi connectivity index (χ0v) is 13.8. The summed E-state index contributed by atoms with van der Waals surface area (Å²) in [5.41, 5.74) is 0. The Balaban J connectivity index is 3.26. The van der Waals surface area contributed by atoms with Crippen molar-refractivity contribution in [3.63, 3.8) is 0 Å².